The molecular formula is C5H4ClNOS2. The van der Waals surface area contributed by atoms with Gasteiger partial charge in [-0.3, -0.25) is 9.52 Å². The van der Waals surface area contributed by atoms with Crippen LogP contribution in [-0.4, -0.2) is 6.41 Å². The van der Waals surface area contributed by atoms with Crippen molar-refractivity contribution in [1.82, 2.24) is 4.72 Å². The van der Waals surface area contributed by atoms with Crippen LogP contribution in [0.5, 0.6) is 0 Å². The molecule has 0 aliphatic rings. The molecule has 10 heavy (non-hydrogen) atoms. The minimum atomic E-state index is 0.637. The predicted molar refractivity (Wildman–Crippen MR) is 44.4 cm³/mol. The second kappa shape index (κ2) is 3.85. The summed E-state index contributed by atoms with van der Waals surface area (Å²) in [5, 5.41) is 0. The van der Waals surface area contributed by atoms with E-state index in [0.717, 1.165) is 8.55 Å². The normalized spacial score (nSPS) is 9.30. The standard InChI is InChI=1S/C5H4ClNOS2/c6-4-1-2-5(9-4)10-7-3-8/h1-3H,(H,7,8). The van der Waals surface area contributed by atoms with Crippen LogP contribution in [0.1, 0.15) is 0 Å². The van der Waals surface area contributed by atoms with Crippen LogP contribution in [0, 0.1) is 0 Å². The van der Waals surface area contributed by atoms with E-state index in [0.29, 0.717) is 6.41 Å². The van der Waals surface area contributed by atoms with E-state index in [4.69, 9.17) is 11.6 Å². The summed E-state index contributed by atoms with van der Waals surface area (Å²) in [4.78, 5) is 9.82. The minimum absolute atomic E-state index is 0.637. The zero-order valence-electron chi connectivity index (χ0n) is 4.83. The molecule has 0 aromatic carbocycles. The molecule has 0 aliphatic carbocycles. The fourth-order valence-corrected chi connectivity index (χ4v) is 2.23. The van der Waals surface area contributed by atoms with Crippen LogP contribution in [0.2, 0.25) is 4.34 Å². The van der Waals surface area contributed by atoms with Crippen LogP contribution in [0.3, 0.4) is 0 Å². The highest BCUT2D eigenvalue weighted by Crippen LogP contribution is 2.27. The van der Waals surface area contributed by atoms with Gasteiger partial charge < -0.3 is 0 Å². The van der Waals surface area contributed by atoms with Gasteiger partial charge in [0.25, 0.3) is 0 Å². The lowest BCUT2D eigenvalue weighted by molar-refractivity contribution is -0.107. The molecule has 5 heteroatoms. The van der Waals surface area contributed by atoms with Gasteiger partial charge >= 0.3 is 0 Å². The van der Waals surface area contributed by atoms with Gasteiger partial charge in [-0.25, -0.2) is 0 Å². The van der Waals surface area contributed by atoms with Crippen molar-refractivity contribution >= 4 is 41.3 Å². The van der Waals surface area contributed by atoms with Crippen molar-refractivity contribution in [2.24, 2.45) is 0 Å². The summed E-state index contributed by atoms with van der Waals surface area (Å²) >= 11 is 8.32. The van der Waals surface area contributed by atoms with E-state index >= 15 is 0 Å². The Kier molecular flexibility index (Phi) is 3.05. The molecular weight excluding hydrogens is 190 g/mol. The summed E-state index contributed by atoms with van der Waals surface area (Å²) in [7, 11) is 0. The lowest BCUT2D eigenvalue weighted by atomic mass is 10.7. The Balaban J connectivity index is 2.49. The Morgan fingerprint density at radius 2 is 2.50 bits per heavy atom. The molecule has 1 aromatic heterocycles. The molecule has 0 radical (unpaired) electrons. The first-order valence-corrected chi connectivity index (χ1v) is 4.45. The third-order valence-electron chi connectivity index (χ3n) is 0.756. The zero-order valence-corrected chi connectivity index (χ0v) is 7.22. The Hall–Kier alpha value is -0.190. The van der Waals surface area contributed by atoms with Crippen molar-refractivity contribution in [3.63, 3.8) is 0 Å². The van der Waals surface area contributed by atoms with Crippen LogP contribution in [0.25, 0.3) is 0 Å². The summed E-state index contributed by atoms with van der Waals surface area (Å²) in [6.45, 7) is 0. The molecule has 0 bridgehead atoms. The largest absolute Gasteiger partial charge is 0.298 e. The number of thiophene rings is 1. The molecule has 0 atom stereocenters. The molecule has 1 heterocycles. The van der Waals surface area contributed by atoms with E-state index in [1.807, 2.05) is 6.07 Å². The van der Waals surface area contributed by atoms with Crippen molar-refractivity contribution in [3.8, 4) is 0 Å². The molecule has 0 saturated carbocycles. The average Bonchev–Trinajstić information content (AvgIpc) is 2.31. The lowest BCUT2D eigenvalue weighted by Crippen LogP contribution is -1.95. The molecule has 1 rings (SSSR count). The fraction of sp³-hybridized carbons (Fsp3) is 0. The molecule has 0 fully saturated rings. The zero-order chi connectivity index (χ0) is 7.40. The highest BCUT2D eigenvalue weighted by Gasteiger charge is 1.95. The first kappa shape index (κ1) is 7.91. The Morgan fingerprint density at radius 3 is 3.00 bits per heavy atom. The van der Waals surface area contributed by atoms with Gasteiger partial charge in [-0.15, -0.1) is 11.3 Å². The number of nitrogens with one attached hydrogen (secondary N) is 1. The van der Waals surface area contributed by atoms with E-state index in [1.54, 1.807) is 6.07 Å². The smallest absolute Gasteiger partial charge is 0.217 e. The summed E-state index contributed by atoms with van der Waals surface area (Å²) < 4.78 is 4.18. The highest BCUT2D eigenvalue weighted by atomic mass is 35.5. The van der Waals surface area contributed by atoms with Crippen LogP contribution < -0.4 is 4.72 Å². The summed E-state index contributed by atoms with van der Waals surface area (Å²) in [5.41, 5.74) is 0. The molecule has 1 N–H and O–H groups in total. The van der Waals surface area contributed by atoms with Crippen LogP contribution in [0.15, 0.2) is 16.3 Å². The van der Waals surface area contributed by atoms with Gasteiger partial charge in [0, 0.05) is 0 Å². The number of carbonyl (C=O) groups excluding carboxylic acids is 1. The molecule has 2 nitrogen and oxygen atoms in total. The maximum atomic E-state index is 9.82. The van der Waals surface area contributed by atoms with Gasteiger partial charge in [-0.1, -0.05) is 11.6 Å². The van der Waals surface area contributed by atoms with E-state index in [1.165, 1.54) is 23.3 Å². The van der Waals surface area contributed by atoms with Gasteiger partial charge in [-0.05, 0) is 24.1 Å². The molecule has 1 aromatic rings. The number of hydrogen-bond donors (Lipinski definition) is 1. The minimum Gasteiger partial charge on any atom is -0.298 e. The molecule has 0 saturated heterocycles. The second-order valence-corrected chi connectivity index (χ2v) is 4.25. The lowest BCUT2D eigenvalue weighted by Gasteiger charge is -1.89. The first-order chi connectivity index (χ1) is 4.83. The third-order valence-corrected chi connectivity index (χ3v) is 2.83. The number of amides is 1. The molecule has 1 amide bonds. The van der Waals surface area contributed by atoms with Gasteiger partial charge in [0.05, 0.1) is 8.55 Å². The van der Waals surface area contributed by atoms with Crippen molar-refractivity contribution in [2.45, 2.75) is 4.21 Å². The van der Waals surface area contributed by atoms with E-state index in [2.05, 4.69) is 4.72 Å². The van der Waals surface area contributed by atoms with Crippen molar-refractivity contribution in [3.05, 3.63) is 16.5 Å². The topological polar surface area (TPSA) is 29.1 Å². The fourth-order valence-electron chi connectivity index (χ4n) is 0.435. The van der Waals surface area contributed by atoms with Crippen LogP contribution >= 0.6 is 34.9 Å². The van der Waals surface area contributed by atoms with Gasteiger partial charge in [0.1, 0.15) is 0 Å². The SMILES string of the molecule is O=CNSc1ccc(Cl)s1. The van der Waals surface area contributed by atoms with E-state index < -0.39 is 0 Å². The number of halogens is 1. The van der Waals surface area contributed by atoms with Crippen LogP contribution in [-0.2, 0) is 4.79 Å². The Bertz CT molecular complexity index is 225. The number of rotatable bonds is 3. The average molecular weight is 194 g/mol. The second-order valence-electron chi connectivity index (χ2n) is 1.40. The van der Waals surface area contributed by atoms with E-state index in [9.17, 15) is 4.79 Å². The van der Waals surface area contributed by atoms with Gasteiger partial charge in [-0.2, -0.15) is 0 Å². The maximum absolute atomic E-state index is 9.82. The third kappa shape index (κ3) is 2.21. The van der Waals surface area contributed by atoms with E-state index in [-0.39, 0.29) is 0 Å². The monoisotopic (exact) mass is 193 g/mol. The Labute approximate surface area is 71.7 Å². The van der Waals surface area contributed by atoms with Crippen molar-refractivity contribution in [1.29, 1.82) is 0 Å². The molecule has 0 spiro atoms. The number of hydrogen-bond acceptors (Lipinski definition) is 3. The summed E-state index contributed by atoms with van der Waals surface area (Å²) in [6.07, 6.45) is 0.637. The molecule has 0 aliphatic heterocycles. The summed E-state index contributed by atoms with van der Waals surface area (Å²) in [6, 6.07) is 3.65. The first-order valence-electron chi connectivity index (χ1n) is 2.44. The molecule has 54 valence electrons. The van der Waals surface area contributed by atoms with Crippen LogP contribution in [0.4, 0.5) is 0 Å². The highest BCUT2D eigenvalue weighted by molar-refractivity contribution is 7.99. The maximum Gasteiger partial charge on any atom is 0.217 e. The number of carbonyl (C=O) groups is 1. The Morgan fingerprint density at radius 1 is 1.70 bits per heavy atom. The predicted octanol–water partition coefficient (Wildman–Crippen LogP) is 2.15. The summed E-state index contributed by atoms with van der Waals surface area (Å²) in [5.74, 6) is 0. The van der Waals surface area contributed by atoms with Crippen molar-refractivity contribution in [2.75, 3.05) is 0 Å². The molecule has 0 unspecified atom stereocenters. The quantitative estimate of drug-likeness (QED) is 0.589. The van der Waals surface area contributed by atoms with Gasteiger partial charge in [0.15, 0.2) is 0 Å². The van der Waals surface area contributed by atoms with Gasteiger partial charge in [0.2, 0.25) is 6.41 Å². The van der Waals surface area contributed by atoms with Crippen molar-refractivity contribution < 1.29 is 4.79 Å².